The number of sulfonamides is 1. The molecule has 2 rings (SSSR count). The molecule has 1 aromatic carbocycles. The van der Waals surface area contributed by atoms with Crippen molar-refractivity contribution in [1.82, 2.24) is 10.2 Å². The summed E-state index contributed by atoms with van der Waals surface area (Å²) in [6, 6.07) is 4.33. The monoisotopic (exact) mass is 286 g/mol. The molecular formula is C9H10N4O3S2. The molecule has 0 spiro atoms. The first-order valence-corrected chi connectivity index (χ1v) is 7.12. The summed E-state index contributed by atoms with van der Waals surface area (Å²) in [6.45, 7) is 0. The van der Waals surface area contributed by atoms with Crippen LogP contribution < -0.4 is 15.2 Å². The minimum atomic E-state index is -3.76. The van der Waals surface area contributed by atoms with Gasteiger partial charge < -0.3 is 10.5 Å². The Bertz CT molecular complexity index is 640. The predicted molar refractivity (Wildman–Crippen MR) is 68.1 cm³/mol. The van der Waals surface area contributed by atoms with Crippen molar-refractivity contribution in [3.8, 4) is 5.75 Å². The number of methoxy groups -OCH3 is 1. The zero-order valence-electron chi connectivity index (χ0n) is 9.32. The lowest BCUT2D eigenvalue weighted by Crippen LogP contribution is -2.14. The van der Waals surface area contributed by atoms with Gasteiger partial charge in [-0.25, -0.2) is 8.42 Å². The zero-order valence-corrected chi connectivity index (χ0v) is 11.0. The van der Waals surface area contributed by atoms with Gasteiger partial charge >= 0.3 is 0 Å². The molecule has 2 aromatic rings. The second kappa shape index (κ2) is 4.78. The van der Waals surface area contributed by atoms with Crippen molar-refractivity contribution in [3.05, 3.63) is 23.7 Å². The van der Waals surface area contributed by atoms with E-state index in [0.29, 0.717) is 5.75 Å². The lowest BCUT2D eigenvalue weighted by atomic mass is 10.3. The number of nitrogens with one attached hydrogen (secondary N) is 1. The number of hydrogen-bond donors (Lipinski definition) is 2. The zero-order chi connectivity index (χ0) is 13.2. The summed E-state index contributed by atoms with van der Waals surface area (Å²) >= 11 is 1.08. The van der Waals surface area contributed by atoms with Crippen LogP contribution in [0, 0.1) is 0 Å². The Morgan fingerprint density at radius 2 is 2.22 bits per heavy atom. The van der Waals surface area contributed by atoms with E-state index < -0.39 is 10.0 Å². The summed E-state index contributed by atoms with van der Waals surface area (Å²) < 4.78 is 31.3. The lowest BCUT2D eigenvalue weighted by Gasteiger charge is -2.08. The van der Waals surface area contributed by atoms with Gasteiger partial charge in [0.1, 0.15) is 16.2 Å². The van der Waals surface area contributed by atoms with Gasteiger partial charge in [-0.15, -0.1) is 10.2 Å². The van der Waals surface area contributed by atoms with E-state index in [0.717, 1.165) is 11.3 Å². The van der Waals surface area contributed by atoms with Gasteiger partial charge in [0.15, 0.2) is 0 Å². The largest absolute Gasteiger partial charge is 0.497 e. The molecular weight excluding hydrogens is 276 g/mol. The molecule has 1 heterocycles. The smallest absolute Gasteiger partial charge is 0.265 e. The number of nitrogens with zero attached hydrogens (tertiary/aromatic N) is 2. The molecule has 0 amide bonds. The molecule has 7 nitrogen and oxygen atoms in total. The summed E-state index contributed by atoms with van der Waals surface area (Å²) in [5.74, 6) is 0.488. The van der Waals surface area contributed by atoms with E-state index in [1.807, 2.05) is 0 Å². The summed E-state index contributed by atoms with van der Waals surface area (Å²) in [6.07, 6.45) is 0. The average Bonchev–Trinajstić information content (AvgIpc) is 2.80. The van der Waals surface area contributed by atoms with Crippen molar-refractivity contribution >= 4 is 32.2 Å². The normalized spacial score (nSPS) is 11.2. The minimum Gasteiger partial charge on any atom is -0.497 e. The molecule has 0 radical (unpaired) electrons. The van der Waals surface area contributed by atoms with E-state index in [9.17, 15) is 8.42 Å². The van der Waals surface area contributed by atoms with E-state index in [4.69, 9.17) is 10.5 Å². The molecule has 0 fully saturated rings. The highest BCUT2D eigenvalue weighted by atomic mass is 32.2. The number of hydrogen-bond acceptors (Lipinski definition) is 7. The number of rotatable bonds is 4. The van der Waals surface area contributed by atoms with Crippen LogP contribution in [0.25, 0.3) is 0 Å². The molecule has 0 aliphatic carbocycles. The van der Waals surface area contributed by atoms with Crippen LogP contribution in [-0.4, -0.2) is 25.7 Å². The van der Waals surface area contributed by atoms with Crippen LogP contribution in [0.3, 0.4) is 0 Å². The molecule has 0 aliphatic heterocycles. The molecule has 1 aromatic heterocycles. The van der Waals surface area contributed by atoms with Gasteiger partial charge in [-0.3, -0.25) is 4.72 Å². The lowest BCUT2D eigenvalue weighted by molar-refractivity contribution is 0.414. The molecule has 0 bridgehead atoms. The maximum atomic E-state index is 12.0. The van der Waals surface area contributed by atoms with Crippen molar-refractivity contribution in [3.63, 3.8) is 0 Å². The Kier molecular flexibility index (Phi) is 3.34. The van der Waals surface area contributed by atoms with Gasteiger partial charge in [0.2, 0.25) is 5.13 Å². The van der Waals surface area contributed by atoms with E-state index in [2.05, 4.69) is 14.9 Å². The standard InChI is InChI=1S/C9H10N4O3S2/c1-16-6-2-3-8(7(10)4-6)18(14,15)13-9-12-11-5-17-9/h2-5H,10H2,1H3,(H,12,13). The first-order chi connectivity index (χ1) is 8.53. The summed E-state index contributed by atoms with van der Waals surface area (Å²) in [7, 11) is -2.29. The van der Waals surface area contributed by atoms with Gasteiger partial charge in [0, 0.05) is 6.07 Å². The van der Waals surface area contributed by atoms with Gasteiger partial charge in [0.05, 0.1) is 12.8 Å². The fraction of sp³-hybridized carbons (Fsp3) is 0.111. The van der Waals surface area contributed by atoms with E-state index >= 15 is 0 Å². The van der Waals surface area contributed by atoms with Crippen LogP contribution >= 0.6 is 11.3 Å². The molecule has 9 heteroatoms. The Hall–Kier alpha value is -1.87. The highest BCUT2D eigenvalue weighted by molar-refractivity contribution is 7.93. The fourth-order valence-corrected chi connectivity index (χ4v) is 3.09. The number of ether oxygens (including phenoxy) is 1. The number of aromatic nitrogens is 2. The Labute approximate surface area is 108 Å². The minimum absolute atomic E-state index is 0.0292. The third kappa shape index (κ3) is 2.51. The van der Waals surface area contributed by atoms with E-state index in [-0.39, 0.29) is 15.7 Å². The maximum Gasteiger partial charge on any atom is 0.265 e. The van der Waals surface area contributed by atoms with Crippen LogP contribution in [0.15, 0.2) is 28.6 Å². The predicted octanol–water partition coefficient (Wildman–Crippen LogP) is 0.930. The molecule has 0 aliphatic rings. The number of anilines is 2. The molecule has 0 saturated heterocycles. The van der Waals surface area contributed by atoms with Crippen LogP contribution in [0.4, 0.5) is 10.8 Å². The van der Waals surface area contributed by atoms with Gasteiger partial charge in [-0.1, -0.05) is 11.3 Å². The Morgan fingerprint density at radius 3 is 2.78 bits per heavy atom. The summed E-state index contributed by atoms with van der Waals surface area (Å²) in [4.78, 5) is -0.0292. The number of nitrogen functional groups attached to an aromatic ring is 1. The first-order valence-electron chi connectivity index (χ1n) is 4.75. The van der Waals surface area contributed by atoms with E-state index in [1.54, 1.807) is 0 Å². The van der Waals surface area contributed by atoms with E-state index in [1.165, 1.54) is 30.8 Å². The quantitative estimate of drug-likeness (QED) is 0.810. The molecule has 3 N–H and O–H groups in total. The van der Waals surface area contributed by atoms with Crippen LogP contribution in [0.2, 0.25) is 0 Å². The second-order valence-corrected chi connectivity index (χ2v) is 5.74. The van der Waals surface area contributed by atoms with Crippen molar-refractivity contribution < 1.29 is 13.2 Å². The third-order valence-electron chi connectivity index (χ3n) is 2.09. The summed E-state index contributed by atoms with van der Waals surface area (Å²) in [5.41, 5.74) is 7.21. The molecule has 0 unspecified atom stereocenters. The highest BCUT2D eigenvalue weighted by Gasteiger charge is 2.19. The van der Waals surface area contributed by atoms with Crippen LogP contribution in [0.1, 0.15) is 0 Å². The van der Waals surface area contributed by atoms with Crippen LogP contribution in [-0.2, 0) is 10.0 Å². The molecule has 96 valence electrons. The van der Waals surface area contributed by atoms with Crippen molar-refractivity contribution in [1.29, 1.82) is 0 Å². The third-order valence-corrected chi connectivity index (χ3v) is 4.24. The molecule has 0 saturated carbocycles. The topological polar surface area (TPSA) is 107 Å². The fourth-order valence-electron chi connectivity index (χ4n) is 1.29. The van der Waals surface area contributed by atoms with Gasteiger partial charge in [-0.05, 0) is 12.1 Å². The average molecular weight is 286 g/mol. The highest BCUT2D eigenvalue weighted by Crippen LogP contribution is 2.25. The molecule has 0 atom stereocenters. The van der Waals surface area contributed by atoms with Crippen molar-refractivity contribution in [2.45, 2.75) is 4.90 Å². The summed E-state index contributed by atoms with van der Waals surface area (Å²) in [5, 5.41) is 7.33. The van der Waals surface area contributed by atoms with Gasteiger partial charge in [0.25, 0.3) is 10.0 Å². The SMILES string of the molecule is COc1ccc(S(=O)(=O)Nc2nncs2)c(N)c1. The number of benzene rings is 1. The first kappa shape index (κ1) is 12.6. The van der Waals surface area contributed by atoms with Crippen molar-refractivity contribution in [2.75, 3.05) is 17.6 Å². The maximum absolute atomic E-state index is 12.0. The second-order valence-electron chi connectivity index (χ2n) is 3.25. The molecule has 18 heavy (non-hydrogen) atoms. The van der Waals surface area contributed by atoms with Gasteiger partial charge in [-0.2, -0.15) is 0 Å². The van der Waals surface area contributed by atoms with Crippen molar-refractivity contribution in [2.24, 2.45) is 0 Å². The Balaban J connectivity index is 2.35. The van der Waals surface area contributed by atoms with Crippen LogP contribution in [0.5, 0.6) is 5.75 Å². The Morgan fingerprint density at radius 1 is 1.44 bits per heavy atom. The number of nitrogens with two attached hydrogens (primary N) is 1.